The summed E-state index contributed by atoms with van der Waals surface area (Å²) in [5, 5.41) is 17.9. The van der Waals surface area contributed by atoms with Gasteiger partial charge in [-0.05, 0) is 36.5 Å². The third kappa shape index (κ3) is 1.48. The van der Waals surface area contributed by atoms with Crippen LogP contribution in [0.2, 0.25) is 0 Å². The minimum Gasteiger partial charge on any atom is -0.478 e. The fraction of sp³-hybridized carbons (Fsp3) is 0.273. The molecule has 4 heteroatoms. The van der Waals surface area contributed by atoms with Gasteiger partial charge in [0.05, 0.1) is 11.1 Å². The summed E-state index contributed by atoms with van der Waals surface area (Å²) >= 11 is 0. The molecule has 1 aliphatic rings. The zero-order valence-electron chi connectivity index (χ0n) is 7.99. The van der Waals surface area contributed by atoms with Crippen molar-refractivity contribution in [3.63, 3.8) is 0 Å². The molecule has 0 fully saturated rings. The minimum absolute atomic E-state index is 0.121. The molecule has 1 aliphatic carbocycles. The first kappa shape index (κ1) is 9.71. The first-order chi connectivity index (χ1) is 7.11. The lowest BCUT2D eigenvalue weighted by molar-refractivity contribution is 0.0693. The van der Waals surface area contributed by atoms with Gasteiger partial charge in [0.15, 0.2) is 0 Å². The van der Waals surface area contributed by atoms with Crippen LogP contribution < -0.4 is 0 Å². The maximum absolute atomic E-state index is 11.0. The molecule has 0 radical (unpaired) electrons. The lowest BCUT2D eigenvalue weighted by Crippen LogP contribution is -2.17. The second-order valence-corrected chi connectivity index (χ2v) is 3.59. The van der Waals surface area contributed by atoms with Crippen LogP contribution in [0.3, 0.4) is 0 Å². The van der Waals surface area contributed by atoms with Crippen molar-refractivity contribution in [1.82, 2.24) is 0 Å². The van der Waals surface area contributed by atoms with Crippen molar-refractivity contribution in [3.05, 3.63) is 34.4 Å². The van der Waals surface area contributed by atoms with Crippen molar-refractivity contribution in [2.75, 3.05) is 0 Å². The van der Waals surface area contributed by atoms with E-state index in [0.29, 0.717) is 18.4 Å². The highest BCUT2D eigenvalue weighted by atomic mass is 16.4. The van der Waals surface area contributed by atoms with Gasteiger partial charge in [0.25, 0.3) is 0 Å². The van der Waals surface area contributed by atoms with Crippen molar-refractivity contribution in [2.45, 2.75) is 19.3 Å². The maximum atomic E-state index is 11.0. The summed E-state index contributed by atoms with van der Waals surface area (Å²) < 4.78 is 0. The minimum atomic E-state index is -1.05. The summed E-state index contributed by atoms with van der Waals surface area (Å²) in [6.07, 6.45) is 2.08. The fourth-order valence-electron chi connectivity index (χ4n) is 2.09. The van der Waals surface area contributed by atoms with Gasteiger partial charge in [0.2, 0.25) is 0 Å². The molecule has 0 spiro atoms. The molecule has 0 saturated heterocycles. The summed E-state index contributed by atoms with van der Waals surface area (Å²) in [5.74, 6) is -2.08. The molecule has 0 atom stereocenters. The summed E-state index contributed by atoms with van der Waals surface area (Å²) in [5.41, 5.74) is 1.53. The third-order valence-electron chi connectivity index (χ3n) is 2.72. The second-order valence-electron chi connectivity index (χ2n) is 3.59. The highest BCUT2D eigenvalue weighted by Gasteiger charge is 2.24. The Morgan fingerprint density at radius 3 is 2.40 bits per heavy atom. The first-order valence-corrected chi connectivity index (χ1v) is 4.72. The van der Waals surface area contributed by atoms with E-state index >= 15 is 0 Å². The molecule has 78 valence electrons. The Morgan fingerprint density at radius 2 is 1.80 bits per heavy atom. The lowest BCUT2D eigenvalue weighted by atomic mass is 9.85. The Balaban J connectivity index is 2.69. The van der Waals surface area contributed by atoms with Crippen LogP contribution in [0.5, 0.6) is 0 Å². The van der Waals surface area contributed by atoms with Crippen molar-refractivity contribution < 1.29 is 19.8 Å². The van der Waals surface area contributed by atoms with Crippen LogP contribution in [0.1, 0.15) is 38.3 Å². The van der Waals surface area contributed by atoms with E-state index in [4.69, 9.17) is 10.2 Å². The van der Waals surface area contributed by atoms with E-state index in [1.807, 2.05) is 0 Å². The van der Waals surface area contributed by atoms with E-state index in [9.17, 15) is 9.59 Å². The molecule has 15 heavy (non-hydrogen) atoms. The molecular weight excluding hydrogens is 196 g/mol. The van der Waals surface area contributed by atoms with Crippen molar-refractivity contribution in [2.24, 2.45) is 0 Å². The monoisotopic (exact) mass is 206 g/mol. The Kier molecular flexibility index (Phi) is 2.19. The highest BCUT2D eigenvalue weighted by Crippen LogP contribution is 2.27. The van der Waals surface area contributed by atoms with Crippen LogP contribution in [0.15, 0.2) is 12.1 Å². The standard InChI is InChI=1S/C11H10O4/c12-10(13)8-5-4-6-2-1-3-7(8)9(6)11(14)15/h4-5H,1-3H2,(H,12,13)(H,14,15). The summed E-state index contributed by atoms with van der Waals surface area (Å²) in [4.78, 5) is 21.9. The van der Waals surface area contributed by atoms with Gasteiger partial charge in [-0.2, -0.15) is 0 Å². The van der Waals surface area contributed by atoms with Gasteiger partial charge in [0.1, 0.15) is 0 Å². The van der Waals surface area contributed by atoms with E-state index < -0.39 is 11.9 Å². The highest BCUT2D eigenvalue weighted by molar-refractivity contribution is 5.98. The van der Waals surface area contributed by atoms with Crippen LogP contribution >= 0.6 is 0 Å². The number of carbonyl (C=O) groups is 2. The van der Waals surface area contributed by atoms with E-state index in [2.05, 4.69) is 0 Å². The SMILES string of the molecule is O=C(O)c1ccc2c(C(=O)O)c1CCC2. The predicted molar refractivity (Wildman–Crippen MR) is 52.4 cm³/mol. The summed E-state index contributed by atoms with van der Waals surface area (Å²) in [6, 6.07) is 3.11. The molecule has 0 unspecified atom stereocenters. The van der Waals surface area contributed by atoms with E-state index in [1.54, 1.807) is 6.07 Å². The lowest BCUT2D eigenvalue weighted by Gasteiger charge is -2.19. The Hall–Kier alpha value is -1.84. The number of aromatic carboxylic acids is 2. The van der Waals surface area contributed by atoms with Gasteiger partial charge in [-0.25, -0.2) is 9.59 Å². The molecule has 2 N–H and O–H groups in total. The number of carboxylic acids is 2. The number of benzene rings is 1. The zero-order chi connectivity index (χ0) is 11.0. The van der Waals surface area contributed by atoms with Crippen LogP contribution in [-0.2, 0) is 12.8 Å². The predicted octanol–water partition coefficient (Wildman–Crippen LogP) is 1.57. The smallest absolute Gasteiger partial charge is 0.336 e. The average molecular weight is 206 g/mol. The number of fused-ring (bicyclic) bond motifs is 2. The van der Waals surface area contributed by atoms with E-state index in [-0.39, 0.29) is 11.1 Å². The third-order valence-corrected chi connectivity index (χ3v) is 2.72. The van der Waals surface area contributed by atoms with Gasteiger partial charge in [-0.1, -0.05) is 6.07 Å². The molecule has 1 aromatic carbocycles. The van der Waals surface area contributed by atoms with Crippen LogP contribution in [0.25, 0.3) is 0 Å². The van der Waals surface area contributed by atoms with E-state index in [0.717, 1.165) is 12.0 Å². The Bertz CT molecular complexity index is 448. The topological polar surface area (TPSA) is 74.6 Å². The molecule has 0 amide bonds. The maximum Gasteiger partial charge on any atom is 0.336 e. The van der Waals surface area contributed by atoms with Crippen molar-refractivity contribution in [3.8, 4) is 0 Å². The molecular formula is C11H10O4. The quantitative estimate of drug-likeness (QED) is 0.770. The zero-order valence-corrected chi connectivity index (χ0v) is 7.99. The number of rotatable bonds is 2. The van der Waals surface area contributed by atoms with E-state index in [1.165, 1.54) is 6.07 Å². The molecule has 2 rings (SSSR count). The molecule has 0 heterocycles. The van der Waals surface area contributed by atoms with Crippen LogP contribution in [0.4, 0.5) is 0 Å². The summed E-state index contributed by atoms with van der Waals surface area (Å²) in [6.45, 7) is 0. The summed E-state index contributed by atoms with van der Waals surface area (Å²) in [7, 11) is 0. The van der Waals surface area contributed by atoms with Gasteiger partial charge >= 0.3 is 11.9 Å². The molecule has 4 nitrogen and oxygen atoms in total. The van der Waals surface area contributed by atoms with Crippen LogP contribution in [0, 0.1) is 0 Å². The first-order valence-electron chi connectivity index (χ1n) is 4.72. The van der Waals surface area contributed by atoms with Crippen LogP contribution in [-0.4, -0.2) is 22.2 Å². The molecule has 0 aromatic heterocycles. The molecule has 0 aliphatic heterocycles. The number of hydrogen-bond acceptors (Lipinski definition) is 2. The second kappa shape index (κ2) is 3.38. The normalized spacial score (nSPS) is 13.6. The Labute approximate surface area is 86.2 Å². The van der Waals surface area contributed by atoms with Gasteiger partial charge in [-0.3, -0.25) is 0 Å². The van der Waals surface area contributed by atoms with Gasteiger partial charge in [-0.15, -0.1) is 0 Å². The number of hydrogen-bond donors (Lipinski definition) is 2. The van der Waals surface area contributed by atoms with Crippen molar-refractivity contribution in [1.29, 1.82) is 0 Å². The molecule has 1 aromatic rings. The Morgan fingerprint density at radius 1 is 1.07 bits per heavy atom. The van der Waals surface area contributed by atoms with Crippen molar-refractivity contribution >= 4 is 11.9 Å². The molecule has 2 bridgehead atoms. The largest absolute Gasteiger partial charge is 0.478 e. The average Bonchev–Trinajstić information content (AvgIpc) is 2.15. The number of aryl methyl sites for hydroxylation is 1. The van der Waals surface area contributed by atoms with Gasteiger partial charge < -0.3 is 10.2 Å². The molecule has 0 saturated carbocycles. The fourth-order valence-corrected chi connectivity index (χ4v) is 2.09. The number of carboxylic acid groups (broad SMARTS) is 2. The van der Waals surface area contributed by atoms with Gasteiger partial charge in [0, 0.05) is 0 Å².